The fraction of sp³-hybridized carbons (Fsp3) is 0.143. The maximum absolute atomic E-state index is 13.7. The van der Waals surface area contributed by atoms with Crippen LogP contribution in [0.3, 0.4) is 0 Å². The topological polar surface area (TPSA) is 38.0 Å². The Balaban J connectivity index is 2.31. The second-order valence-electron chi connectivity index (χ2n) is 4.37. The molecule has 1 unspecified atom stereocenters. The average Bonchev–Trinajstić information content (AvgIpc) is 2.38. The molecule has 2 aromatic carbocycles. The summed E-state index contributed by atoms with van der Waals surface area (Å²) >= 11 is 3.18. The van der Waals surface area contributed by atoms with Crippen LogP contribution in [0.15, 0.2) is 40.9 Å². The lowest BCUT2D eigenvalue weighted by molar-refractivity contribution is 0.501. The summed E-state index contributed by atoms with van der Waals surface area (Å²) in [6, 6.07) is 6.84. The standard InChI is InChI=1S/C14H12BrF3N2/c15-9-3-8(4-11(17)6-9)5-14(20-19)12-7-10(16)1-2-13(12)18/h1-4,6-7,14,20H,5,19H2. The maximum atomic E-state index is 13.7. The van der Waals surface area contributed by atoms with Crippen molar-refractivity contribution < 1.29 is 13.2 Å². The van der Waals surface area contributed by atoms with Crippen LogP contribution in [-0.2, 0) is 6.42 Å². The molecule has 2 nitrogen and oxygen atoms in total. The van der Waals surface area contributed by atoms with Crippen LogP contribution in [0, 0.1) is 17.5 Å². The molecule has 2 aromatic rings. The molecule has 6 heteroatoms. The molecule has 0 aromatic heterocycles. The quantitative estimate of drug-likeness (QED) is 0.656. The number of halogens is 4. The highest BCUT2D eigenvalue weighted by Gasteiger charge is 2.16. The first-order chi connectivity index (χ1) is 9.49. The molecule has 0 amide bonds. The predicted octanol–water partition coefficient (Wildman–Crippen LogP) is 3.61. The van der Waals surface area contributed by atoms with Crippen LogP contribution in [-0.4, -0.2) is 0 Å². The minimum absolute atomic E-state index is 0.105. The van der Waals surface area contributed by atoms with Crippen molar-refractivity contribution in [3.8, 4) is 0 Å². The van der Waals surface area contributed by atoms with Crippen molar-refractivity contribution >= 4 is 15.9 Å². The van der Waals surface area contributed by atoms with Crippen molar-refractivity contribution in [3.05, 3.63) is 69.4 Å². The molecule has 20 heavy (non-hydrogen) atoms. The number of nitrogens with two attached hydrogens (primary N) is 1. The van der Waals surface area contributed by atoms with Gasteiger partial charge < -0.3 is 0 Å². The Labute approximate surface area is 122 Å². The fourth-order valence-corrected chi connectivity index (χ4v) is 2.52. The minimum Gasteiger partial charge on any atom is -0.271 e. The normalized spacial score (nSPS) is 12.4. The first-order valence-electron chi connectivity index (χ1n) is 5.85. The average molecular weight is 345 g/mol. The van der Waals surface area contributed by atoms with Crippen LogP contribution in [0.5, 0.6) is 0 Å². The van der Waals surface area contributed by atoms with Crippen molar-refractivity contribution in [2.75, 3.05) is 0 Å². The molecule has 106 valence electrons. The minimum atomic E-state index is -0.653. The van der Waals surface area contributed by atoms with E-state index in [1.54, 1.807) is 6.07 Å². The second-order valence-corrected chi connectivity index (χ2v) is 5.28. The third kappa shape index (κ3) is 3.59. The summed E-state index contributed by atoms with van der Waals surface area (Å²) in [4.78, 5) is 0. The summed E-state index contributed by atoms with van der Waals surface area (Å²) in [7, 11) is 0. The summed E-state index contributed by atoms with van der Waals surface area (Å²) < 4.78 is 40.8. The van der Waals surface area contributed by atoms with Crippen molar-refractivity contribution in [3.63, 3.8) is 0 Å². The van der Waals surface area contributed by atoms with Gasteiger partial charge in [0, 0.05) is 10.0 Å². The van der Waals surface area contributed by atoms with E-state index >= 15 is 0 Å². The largest absolute Gasteiger partial charge is 0.271 e. The first-order valence-corrected chi connectivity index (χ1v) is 6.65. The monoisotopic (exact) mass is 344 g/mol. The van der Waals surface area contributed by atoms with Gasteiger partial charge in [-0.2, -0.15) is 0 Å². The molecule has 0 saturated heterocycles. The number of hydrazine groups is 1. The molecule has 0 saturated carbocycles. The van der Waals surface area contributed by atoms with E-state index in [2.05, 4.69) is 21.4 Å². The molecule has 1 atom stereocenters. The molecule has 0 bridgehead atoms. The van der Waals surface area contributed by atoms with Gasteiger partial charge in [-0.1, -0.05) is 15.9 Å². The Morgan fingerprint density at radius 3 is 2.45 bits per heavy atom. The van der Waals surface area contributed by atoms with Crippen molar-refractivity contribution in [1.82, 2.24) is 5.43 Å². The van der Waals surface area contributed by atoms with E-state index in [0.29, 0.717) is 10.0 Å². The SMILES string of the molecule is NNC(Cc1cc(F)cc(Br)c1)c1cc(F)ccc1F. The number of benzene rings is 2. The fourth-order valence-electron chi connectivity index (χ4n) is 2.00. The number of hydrogen-bond donors (Lipinski definition) is 2. The van der Waals surface area contributed by atoms with E-state index in [0.717, 1.165) is 18.2 Å². The lowest BCUT2D eigenvalue weighted by atomic mass is 9.99. The Bertz CT molecular complexity index is 599. The van der Waals surface area contributed by atoms with Crippen LogP contribution in [0.25, 0.3) is 0 Å². The molecule has 0 radical (unpaired) electrons. The highest BCUT2D eigenvalue weighted by atomic mass is 79.9. The summed E-state index contributed by atoms with van der Waals surface area (Å²) in [5.41, 5.74) is 3.15. The lowest BCUT2D eigenvalue weighted by Gasteiger charge is -2.17. The Hall–Kier alpha value is -1.37. The Morgan fingerprint density at radius 2 is 1.80 bits per heavy atom. The molecule has 0 heterocycles. The van der Waals surface area contributed by atoms with Gasteiger partial charge in [0.15, 0.2) is 0 Å². The number of rotatable bonds is 4. The molecule has 0 fully saturated rings. The van der Waals surface area contributed by atoms with Crippen molar-refractivity contribution in [1.29, 1.82) is 0 Å². The molecule has 3 N–H and O–H groups in total. The molecule has 2 rings (SSSR count). The van der Waals surface area contributed by atoms with Crippen LogP contribution in [0.4, 0.5) is 13.2 Å². The van der Waals surface area contributed by atoms with Gasteiger partial charge in [0.25, 0.3) is 0 Å². The molecule has 0 aliphatic carbocycles. The van der Waals surface area contributed by atoms with Gasteiger partial charge >= 0.3 is 0 Å². The van der Waals surface area contributed by atoms with Crippen LogP contribution >= 0.6 is 15.9 Å². The van der Waals surface area contributed by atoms with Crippen LogP contribution < -0.4 is 11.3 Å². The number of hydrogen-bond acceptors (Lipinski definition) is 2. The van der Waals surface area contributed by atoms with E-state index in [1.165, 1.54) is 12.1 Å². The summed E-state index contributed by atoms with van der Waals surface area (Å²) in [6.45, 7) is 0. The van der Waals surface area contributed by atoms with Gasteiger partial charge in [0.2, 0.25) is 0 Å². The van der Waals surface area contributed by atoms with Gasteiger partial charge in [-0.15, -0.1) is 0 Å². The lowest BCUT2D eigenvalue weighted by Crippen LogP contribution is -2.30. The molecule has 0 spiro atoms. The second kappa shape index (κ2) is 6.39. The molecule has 0 aliphatic heterocycles. The number of nitrogens with one attached hydrogen (secondary N) is 1. The van der Waals surface area contributed by atoms with E-state index in [1.807, 2.05) is 0 Å². The summed E-state index contributed by atoms with van der Waals surface area (Å²) in [6.07, 6.45) is 0.229. The van der Waals surface area contributed by atoms with Gasteiger partial charge in [-0.3, -0.25) is 11.3 Å². The maximum Gasteiger partial charge on any atom is 0.128 e. The Kier molecular flexibility index (Phi) is 4.80. The zero-order chi connectivity index (χ0) is 14.7. The van der Waals surface area contributed by atoms with Crippen LogP contribution in [0.1, 0.15) is 17.2 Å². The first kappa shape index (κ1) is 15.0. The van der Waals surface area contributed by atoms with Crippen molar-refractivity contribution in [2.45, 2.75) is 12.5 Å². The zero-order valence-electron chi connectivity index (χ0n) is 10.3. The molecular weight excluding hydrogens is 333 g/mol. The predicted molar refractivity (Wildman–Crippen MR) is 74.2 cm³/mol. The van der Waals surface area contributed by atoms with E-state index in [4.69, 9.17) is 5.84 Å². The van der Waals surface area contributed by atoms with Gasteiger partial charge in [-0.25, -0.2) is 13.2 Å². The van der Waals surface area contributed by atoms with Gasteiger partial charge in [0.1, 0.15) is 17.5 Å². The van der Waals surface area contributed by atoms with Crippen molar-refractivity contribution in [2.24, 2.45) is 5.84 Å². The van der Waals surface area contributed by atoms with Gasteiger partial charge in [0.05, 0.1) is 6.04 Å². The highest BCUT2D eigenvalue weighted by Crippen LogP contribution is 2.24. The third-order valence-electron chi connectivity index (χ3n) is 2.90. The third-order valence-corrected chi connectivity index (χ3v) is 3.35. The van der Waals surface area contributed by atoms with E-state index in [-0.39, 0.29) is 12.0 Å². The summed E-state index contributed by atoms with van der Waals surface area (Å²) in [5, 5.41) is 0. The zero-order valence-corrected chi connectivity index (χ0v) is 11.9. The van der Waals surface area contributed by atoms with Gasteiger partial charge in [-0.05, 0) is 48.4 Å². The van der Waals surface area contributed by atoms with E-state index in [9.17, 15) is 13.2 Å². The smallest absolute Gasteiger partial charge is 0.128 e. The summed E-state index contributed by atoms with van der Waals surface area (Å²) in [5.74, 6) is 3.87. The Morgan fingerprint density at radius 1 is 1.05 bits per heavy atom. The van der Waals surface area contributed by atoms with Crippen LogP contribution in [0.2, 0.25) is 0 Å². The molecular formula is C14H12BrF3N2. The highest BCUT2D eigenvalue weighted by molar-refractivity contribution is 9.10. The van der Waals surface area contributed by atoms with E-state index < -0.39 is 23.5 Å². The molecule has 0 aliphatic rings.